The van der Waals surface area contributed by atoms with Crippen molar-refractivity contribution in [2.75, 3.05) is 7.11 Å². The Labute approximate surface area is 106 Å². The molecule has 2 rings (SSSR count). The smallest absolute Gasteiger partial charge is 0.363 e. The quantitative estimate of drug-likeness (QED) is 0.457. The van der Waals surface area contributed by atoms with Crippen molar-refractivity contribution in [1.82, 2.24) is 4.98 Å². The molecule has 0 N–H and O–H groups in total. The zero-order valence-corrected chi connectivity index (χ0v) is 10.8. The van der Waals surface area contributed by atoms with E-state index in [9.17, 15) is 10.0 Å². The number of carbonyl (C=O) groups excluding carboxylic acids is 1. The first-order chi connectivity index (χ1) is 8.04. The van der Waals surface area contributed by atoms with Crippen LogP contribution in [0.4, 0.5) is 0 Å². The van der Waals surface area contributed by atoms with Crippen LogP contribution in [0.1, 0.15) is 16.2 Å². The first kappa shape index (κ1) is 11.8. The molecule has 1 aromatic carbocycles. The maximum Gasteiger partial charge on any atom is 0.363 e. The van der Waals surface area contributed by atoms with E-state index in [0.29, 0.717) is 15.8 Å². The summed E-state index contributed by atoms with van der Waals surface area (Å²) in [6, 6.07) is 5.07. The van der Waals surface area contributed by atoms with E-state index >= 15 is 0 Å². The summed E-state index contributed by atoms with van der Waals surface area (Å²) in [5.74, 6) is -0.617. The molecule has 0 amide bonds. The van der Waals surface area contributed by atoms with Crippen LogP contribution in [0, 0.1) is 12.1 Å². The molecule has 0 aliphatic heterocycles. The lowest BCUT2D eigenvalue weighted by molar-refractivity contribution is -0.584. The normalized spacial score (nSPS) is 10.5. The van der Waals surface area contributed by atoms with Crippen LogP contribution in [0.5, 0.6) is 0 Å². The second-order valence-corrected chi connectivity index (χ2v) is 4.38. The molecule has 0 atom stereocenters. The number of methoxy groups -OCH3 is 1. The van der Waals surface area contributed by atoms with Crippen LogP contribution < -0.4 is 4.73 Å². The summed E-state index contributed by atoms with van der Waals surface area (Å²) in [5.41, 5.74) is 1.12. The summed E-state index contributed by atoms with van der Waals surface area (Å²) in [5, 5.41) is 11.9. The number of benzene rings is 1. The largest absolute Gasteiger partial charge is 0.618 e. The minimum absolute atomic E-state index is 0.0353. The van der Waals surface area contributed by atoms with E-state index in [1.165, 1.54) is 14.0 Å². The second-order valence-electron chi connectivity index (χ2n) is 3.46. The highest BCUT2D eigenvalue weighted by atomic mass is 79.9. The first-order valence-electron chi connectivity index (χ1n) is 4.82. The highest BCUT2D eigenvalue weighted by Gasteiger charge is 2.21. The van der Waals surface area contributed by atoms with Crippen molar-refractivity contribution in [3.05, 3.63) is 39.3 Å². The van der Waals surface area contributed by atoms with Crippen molar-refractivity contribution in [2.45, 2.75) is 6.92 Å². The lowest BCUT2D eigenvalue weighted by atomic mass is 10.2. The average Bonchev–Trinajstić information content (AvgIpc) is 2.32. The van der Waals surface area contributed by atoms with Gasteiger partial charge >= 0.3 is 5.97 Å². The monoisotopic (exact) mass is 296 g/mol. The molecule has 0 aliphatic carbocycles. The van der Waals surface area contributed by atoms with Crippen LogP contribution in [0.25, 0.3) is 11.0 Å². The molecule has 0 saturated carbocycles. The van der Waals surface area contributed by atoms with Gasteiger partial charge in [0.1, 0.15) is 5.52 Å². The van der Waals surface area contributed by atoms with E-state index in [0.717, 1.165) is 4.47 Å². The lowest BCUT2D eigenvalue weighted by Crippen LogP contribution is -2.34. The minimum atomic E-state index is -0.617. The molecule has 0 fully saturated rings. The zero-order valence-electron chi connectivity index (χ0n) is 9.23. The number of nitrogens with zero attached hydrogens (tertiary/aromatic N) is 2. The first-order valence-corrected chi connectivity index (χ1v) is 5.61. The highest BCUT2D eigenvalue weighted by molar-refractivity contribution is 9.10. The van der Waals surface area contributed by atoms with Crippen molar-refractivity contribution < 1.29 is 14.3 Å². The van der Waals surface area contributed by atoms with Gasteiger partial charge < -0.3 is 9.94 Å². The Morgan fingerprint density at radius 1 is 1.53 bits per heavy atom. The summed E-state index contributed by atoms with van der Waals surface area (Å²) >= 11 is 3.29. The Kier molecular flexibility index (Phi) is 2.97. The zero-order chi connectivity index (χ0) is 12.6. The molecular formula is C11H9BrN2O3. The minimum Gasteiger partial charge on any atom is -0.618 e. The van der Waals surface area contributed by atoms with Crippen molar-refractivity contribution in [2.24, 2.45) is 0 Å². The van der Waals surface area contributed by atoms with Gasteiger partial charge in [0.15, 0.2) is 0 Å². The van der Waals surface area contributed by atoms with Crippen LogP contribution in [0.3, 0.4) is 0 Å². The number of carbonyl (C=O) groups is 1. The van der Waals surface area contributed by atoms with Crippen molar-refractivity contribution in [3.63, 3.8) is 0 Å². The lowest BCUT2D eigenvalue weighted by Gasteiger charge is -2.07. The van der Waals surface area contributed by atoms with Crippen LogP contribution in [-0.2, 0) is 4.74 Å². The van der Waals surface area contributed by atoms with Gasteiger partial charge in [0.05, 0.1) is 7.11 Å². The third-order valence-corrected chi connectivity index (χ3v) is 2.91. The number of hydrogen-bond donors (Lipinski definition) is 0. The van der Waals surface area contributed by atoms with Gasteiger partial charge in [0, 0.05) is 17.5 Å². The predicted octanol–water partition coefficient (Wildman–Crippen LogP) is 1.73. The number of esters is 1. The molecule has 0 saturated heterocycles. The predicted molar refractivity (Wildman–Crippen MR) is 64.5 cm³/mol. The van der Waals surface area contributed by atoms with Crippen LogP contribution in [0.15, 0.2) is 22.7 Å². The van der Waals surface area contributed by atoms with Crippen LogP contribution in [0.2, 0.25) is 0 Å². The van der Waals surface area contributed by atoms with E-state index < -0.39 is 5.97 Å². The van der Waals surface area contributed by atoms with E-state index in [2.05, 4.69) is 25.7 Å². The summed E-state index contributed by atoms with van der Waals surface area (Å²) < 4.78 is 6.06. The topological polar surface area (TPSA) is 66.1 Å². The van der Waals surface area contributed by atoms with Crippen molar-refractivity contribution in [1.29, 1.82) is 0 Å². The van der Waals surface area contributed by atoms with Gasteiger partial charge in [-0.1, -0.05) is 15.9 Å². The molecular weight excluding hydrogens is 288 g/mol. The maximum atomic E-state index is 11.9. The molecule has 0 aliphatic rings. The molecule has 1 aromatic heterocycles. The number of aromatic nitrogens is 2. The fraction of sp³-hybridized carbons (Fsp3) is 0.182. The Hall–Kier alpha value is -1.69. The van der Waals surface area contributed by atoms with Gasteiger partial charge in [0.2, 0.25) is 16.9 Å². The van der Waals surface area contributed by atoms with Gasteiger partial charge in [-0.05, 0) is 12.1 Å². The summed E-state index contributed by atoms with van der Waals surface area (Å²) in [6.07, 6.45) is 0. The van der Waals surface area contributed by atoms with Gasteiger partial charge in [0.25, 0.3) is 0 Å². The molecule has 0 radical (unpaired) electrons. The highest BCUT2D eigenvalue weighted by Crippen LogP contribution is 2.17. The van der Waals surface area contributed by atoms with Gasteiger partial charge in [-0.15, -0.1) is 0 Å². The standard InChI is InChI=1S/C11H9BrN2O3/c1-6-10(11(15)17-2)13-8-5-7(12)3-4-9(8)14(6)16/h3-5H,1-2H3. The fourth-order valence-electron chi connectivity index (χ4n) is 1.53. The Morgan fingerprint density at radius 3 is 2.88 bits per heavy atom. The molecule has 17 heavy (non-hydrogen) atoms. The van der Waals surface area contributed by atoms with Crippen molar-refractivity contribution in [3.8, 4) is 0 Å². The van der Waals surface area contributed by atoms with Gasteiger partial charge in [-0.3, -0.25) is 0 Å². The molecule has 2 aromatic rings. The molecule has 6 heteroatoms. The number of ether oxygens (including phenoxy) is 1. The number of fused-ring (bicyclic) bond motifs is 1. The number of halogens is 1. The number of rotatable bonds is 1. The number of hydrogen-bond acceptors (Lipinski definition) is 4. The summed E-state index contributed by atoms with van der Waals surface area (Å²) in [6.45, 7) is 1.54. The SMILES string of the molecule is COC(=O)c1nc2cc(Br)ccc2[n+]([O-])c1C. The summed E-state index contributed by atoms with van der Waals surface area (Å²) in [7, 11) is 1.25. The van der Waals surface area contributed by atoms with Crippen molar-refractivity contribution >= 4 is 32.9 Å². The Bertz CT molecular complexity index is 613. The molecule has 88 valence electrons. The third-order valence-electron chi connectivity index (χ3n) is 2.41. The van der Waals surface area contributed by atoms with E-state index in [4.69, 9.17) is 0 Å². The van der Waals surface area contributed by atoms with E-state index in [1.54, 1.807) is 18.2 Å². The molecule has 0 spiro atoms. The Morgan fingerprint density at radius 2 is 2.24 bits per heavy atom. The second kappa shape index (κ2) is 4.29. The van der Waals surface area contributed by atoms with Crippen LogP contribution >= 0.6 is 15.9 Å². The molecule has 1 heterocycles. The Balaban J connectivity index is 2.80. The maximum absolute atomic E-state index is 11.9. The molecule has 5 nitrogen and oxygen atoms in total. The van der Waals surface area contributed by atoms with E-state index in [-0.39, 0.29) is 11.4 Å². The van der Waals surface area contributed by atoms with E-state index in [1.807, 2.05) is 0 Å². The molecule has 0 unspecified atom stereocenters. The average molecular weight is 297 g/mol. The van der Waals surface area contributed by atoms with Gasteiger partial charge in [-0.25, -0.2) is 9.78 Å². The van der Waals surface area contributed by atoms with Crippen LogP contribution in [-0.4, -0.2) is 18.1 Å². The van der Waals surface area contributed by atoms with Gasteiger partial charge in [-0.2, -0.15) is 4.73 Å². The summed E-state index contributed by atoms with van der Waals surface area (Å²) in [4.78, 5) is 15.6. The molecule has 0 bridgehead atoms. The fourth-order valence-corrected chi connectivity index (χ4v) is 1.88. The third kappa shape index (κ3) is 1.95.